The minimum atomic E-state index is -0.613. The Kier molecular flexibility index (Phi) is 11.0. The lowest BCUT2D eigenvalue weighted by atomic mass is 9.82. The Morgan fingerprint density at radius 1 is 1.18 bits per heavy atom. The molecule has 0 aliphatic carbocycles. The third-order valence-corrected chi connectivity index (χ3v) is 7.50. The van der Waals surface area contributed by atoms with E-state index in [9.17, 15) is 14.4 Å². The van der Waals surface area contributed by atoms with Crippen LogP contribution in [0.5, 0.6) is 0 Å². The molecule has 210 valence electrons. The average Bonchev–Trinajstić information content (AvgIpc) is 2.95. The molecule has 0 N–H and O–H groups in total. The second-order valence-corrected chi connectivity index (χ2v) is 10.7. The van der Waals surface area contributed by atoms with Crippen LogP contribution in [0, 0.1) is 18.8 Å². The van der Waals surface area contributed by atoms with Crippen molar-refractivity contribution in [3.05, 3.63) is 81.8 Å². The van der Waals surface area contributed by atoms with E-state index in [4.69, 9.17) is 4.74 Å². The molecule has 39 heavy (non-hydrogen) atoms. The number of Topliss-reactive ketones (excluding diaryl/α,β-unsaturated/α-hetero) is 1. The van der Waals surface area contributed by atoms with E-state index in [0.717, 1.165) is 17.7 Å². The maximum atomic E-state index is 14.4. The van der Waals surface area contributed by atoms with Gasteiger partial charge in [-0.1, -0.05) is 57.2 Å². The first-order valence-electron chi connectivity index (χ1n) is 14.0. The molecule has 1 saturated heterocycles. The van der Waals surface area contributed by atoms with Gasteiger partial charge in [-0.05, 0) is 49.8 Å². The SMILES string of the molecule is CC/C=C\C(=NC)C(CN(C(=O)c1cc(C)c(=O)n(C)c1)C(C(=O)C(C)C)C1CCOCC1)c1ccccc1. The highest BCUT2D eigenvalue weighted by atomic mass is 16.5. The van der Waals surface area contributed by atoms with Crippen molar-refractivity contribution in [3.8, 4) is 0 Å². The van der Waals surface area contributed by atoms with E-state index < -0.39 is 6.04 Å². The highest BCUT2D eigenvalue weighted by Gasteiger charge is 2.40. The maximum absolute atomic E-state index is 14.4. The lowest BCUT2D eigenvalue weighted by Crippen LogP contribution is -2.53. The van der Waals surface area contributed by atoms with Crippen LogP contribution in [0.1, 0.15) is 67.4 Å². The first-order valence-corrected chi connectivity index (χ1v) is 14.0. The van der Waals surface area contributed by atoms with Crippen LogP contribution in [0.15, 0.2) is 64.5 Å². The quantitative estimate of drug-likeness (QED) is 0.382. The zero-order valence-electron chi connectivity index (χ0n) is 24.2. The first-order chi connectivity index (χ1) is 18.7. The molecule has 0 spiro atoms. The second kappa shape index (κ2) is 14.2. The number of hydrogen-bond donors (Lipinski definition) is 0. The topological polar surface area (TPSA) is 81.0 Å². The van der Waals surface area contributed by atoms with Crippen LogP contribution in [-0.4, -0.2) is 59.7 Å². The lowest BCUT2D eigenvalue weighted by Gasteiger charge is -2.40. The summed E-state index contributed by atoms with van der Waals surface area (Å²) in [7, 11) is 3.42. The van der Waals surface area contributed by atoms with Gasteiger partial charge in [-0.2, -0.15) is 0 Å². The number of aliphatic imine (C=N–C) groups is 1. The van der Waals surface area contributed by atoms with E-state index >= 15 is 0 Å². The highest BCUT2D eigenvalue weighted by molar-refractivity contribution is 6.02. The molecule has 1 fully saturated rings. The van der Waals surface area contributed by atoms with Crippen molar-refractivity contribution >= 4 is 17.4 Å². The van der Waals surface area contributed by atoms with Gasteiger partial charge in [0.25, 0.3) is 11.5 Å². The zero-order valence-corrected chi connectivity index (χ0v) is 24.2. The number of aromatic nitrogens is 1. The van der Waals surface area contributed by atoms with Crippen molar-refractivity contribution in [2.45, 2.75) is 58.9 Å². The number of ketones is 1. The summed E-state index contributed by atoms with van der Waals surface area (Å²) in [6.45, 7) is 8.99. The summed E-state index contributed by atoms with van der Waals surface area (Å²) in [6, 6.07) is 11.0. The molecule has 1 aromatic heterocycles. The Morgan fingerprint density at radius 3 is 2.41 bits per heavy atom. The third-order valence-electron chi connectivity index (χ3n) is 7.50. The van der Waals surface area contributed by atoms with Crippen molar-refractivity contribution in [2.75, 3.05) is 26.8 Å². The number of hydrogen-bond acceptors (Lipinski definition) is 5. The van der Waals surface area contributed by atoms with Gasteiger partial charge in [-0.15, -0.1) is 0 Å². The number of aryl methyl sites for hydroxylation is 2. The number of amides is 1. The van der Waals surface area contributed by atoms with E-state index in [-0.39, 0.29) is 41.5 Å². The summed E-state index contributed by atoms with van der Waals surface area (Å²) in [4.78, 5) is 47.2. The molecule has 2 unspecified atom stereocenters. The predicted octanol–water partition coefficient (Wildman–Crippen LogP) is 4.98. The molecule has 0 saturated carbocycles. The molecule has 2 heterocycles. The van der Waals surface area contributed by atoms with E-state index in [1.54, 1.807) is 38.2 Å². The van der Waals surface area contributed by atoms with Gasteiger partial charge in [0.05, 0.1) is 11.6 Å². The zero-order chi connectivity index (χ0) is 28.5. The van der Waals surface area contributed by atoms with Gasteiger partial charge in [0.2, 0.25) is 0 Å². The van der Waals surface area contributed by atoms with Crippen molar-refractivity contribution in [3.63, 3.8) is 0 Å². The number of nitrogens with zero attached hydrogens (tertiary/aromatic N) is 3. The standard InChI is InChI=1S/C32H43N3O4/c1-7-8-14-28(33-5)27(24-12-10-9-11-13-24)21-35(32(38)26-19-23(4)31(37)34(6)20-26)29(30(36)22(2)3)25-15-17-39-18-16-25/h8-14,19-20,22,25,27,29H,7,15-18,21H2,1-6H3/b14-8-,33-28?. The van der Waals surface area contributed by atoms with Crippen LogP contribution in [-0.2, 0) is 16.6 Å². The molecule has 7 heteroatoms. The van der Waals surface area contributed by atoms with E-state index in [0.29, 0.717) is 37.2 Å². The van der Waals surface area contributed by atoms with Crippen LogP contribution in [0.25, 0.3) is 0 Å². The number of benzene rings is 1. The molecular formula is C32H43N3O4. The molecular weight excluding hydrogens is 490 g/mol. The van der Waals surface area contributed by atoms with E-state index in [1.165, 1.54) is 4.57 Å². The van der Waals surface area contributed by atoms with Gasteiger partial charge in [-0.3, -0.25) is 19.4 Å². The fourth-order valence-corrected chi connectivity index (χ4v) is 5.33. The minimum absolute atomic E-state index is 0.0177. The number of ether oxygens (including phenoxy) is 1. The number of allylic oxidation sites excluding steroid dienone is 2. The Balaban J connectivity index is 2.20. The van der Waals surface area contributed by atoms with Crippen LogP contribution in [0.2, 0.25) is 0 Å². The fourth-order valence-electron chi connectivity index (χ4n) is 5.33. The molecule has 0 radical (unpaired) electrons. The molecule has 3 rings (SSSR count). The molecule has 1 aromatic carbocycles. The van der Waals surface area contributed by atoms with Crippen LogP contribution < -0.4 is 5.56 Å². The third kappa shape index (κ3) is 7.41. The maximum Gasteiger partial charge on any atom is 0.256 e. The Labute approximate surface area is 232 Å². The van der Waals surface area contributed by atoms with E-state index in [2.05, 4.69) is 18.0 Å². The second-order valence-electron chi connectivity index (χ2n) is 10.7. The van der Waals surface area contributed by atoms with Crippen molar-refractivity contribution < 1.29 is 14.3 Å². The van der Waals surface area contributed by atoms with Crippen LogP contribution in [0.3, 0.4) is 0 Å². The highest BCUT2D eigenvalue weighted by Crippen LogP contribution is 2.30. The monoisotopic (exact) mass is 533 g/mol. The Hall–Kier alpha value is -3.32. The van der Waals surface area contributed by atoms with Gasteiger partial charge in [0.1, 0.15) is 0 Å². The molecule has 0 bridgehead atoms. The summed E-state index contributed by atoms with van der Waals surface area (Å²) >= 11 is 0. The van der Waals surface area contributed by atoms with Gasteiger partial charge in [0, 0.05) is 63.2 Å². The Morgan fingerprint density at radius 2 is 1.85 bits per heavy atom. The molecule has 1 amide bonds. The predicted molar refractivity (Wildman–Crippen MR) is 157 cm³/mol. The Bertz CT molecular complexity index is 1210. The molecule has 1 aliphatic rings. The van der Waals surface area contributed by atoms with Crippen molar-refractivity contribution in [2.24, 2.45) is 23.9 Å². The van der Waals surface area contributed by atoms with Crippen LogP contribution in [0.4, 0.5) is 0 Å². The number of rotatable bonds is 11. The summed E-state index contributed by atoms with van der Waals surface area (Å²) in [5.41, 5.74) is 2.61. The number of carbonyl (C=O) groups is 2. The average molecular weight is 534 g/mol. The van der Waals surface area contributed by atoms with Gasteiger partial charge >= 0.3 is 0 Å². The summed E-state index contributed by atoms with van der Waals surface area (Å²) < 4.78 is 7.07. The lowest BCUT2D eigenvalue weighted by molar-refractivity contribution is -0.129. The summed E-state index contributed by atoms with van der Waals surface area (Å²) in [5, 5.41) is 0. The van der Waals surface area contributed by atoms with E-state index in [1.807, 2.05) is 50.3 Å². The summed E-state index contributed by atoms with van der Waals surface area (Å²) in [5.74, 6) is -0.711. The van der Waals surface area contributed by atoms with Crippen molar-refractivity contribution in [1.82, 2.24) is 9.47 Å². The smallest absolute Gasteiger partial charge is 0.256 e. The summed E-state index contributed by atoms with van der Waals surface area (Å²) in [6.07, 6.45) is 7.94. The molecule has 2 aromatic rings. The van der Waals surface area contributed by atoms with Crippen LogP contribution >= 0.6 is 0 Å². The largest absolute Gasteiger partial charge is 0.381 e. The number of carbonyl (C=O) groups excluding carboxylic acids is 2. The fraction of sp³-hybridized carbons (Fsp3) is 0.500. The van der Waals surface area contributed by atoms with Gasteiger partial charge < -0.3 is 14.2 Å². The normalized spacial score (nSPS) is 16.4. The van der Waals surface area contributed by atoms with Gasteiger partial charge in [-0.25, -0.2) is 0 Å². The molecule has 2 atom stereocenters. The number of pyridine rings is 1. The first kappa shape index (κ1) is 30.2. The van der Waals surface area contributed by atoms with Gasteiger partial charge in [0.15, 0.2) is 5.78 Å². The molecule has 1 aliphatic heterocycles. The molecule has 7 nitrogen and oxygen atoms in total. The van der Waals surface area contributed by atoms with Crippen molar-refractivity contribution in [1.29, 1.82) is 0 Å². The minimum Gasteiger partial charge on any atom is -0.381 e.